The molecule has 0 aliphatic rings. The molecule has 0 unspecified atom stereocenters. The standard InChI is InChI=1S/C12H22N2O4/c1-9(15)5-7-13-10(16)6-8-14-11(17)18-12(2,3)4/h5-8H2,1-4H3,(H,13,16)(H,14,17). The Labute approximate surface area is 107 Å². The van der Waals surface area contributed by atoms with Gasteiger partial charge < -0.3 is 15.4 Å². The predicted molar refractivity (Wildman–Crippen MR) is 67.2 cm³/mol. The fraction of sp³-hybridized carbons (Fsp3) is 0.750. The summed E-state index contributed by atoms with van der Waals surface area (Å²) in [5.74, 6) is -0.172. The maximum atomic E-state index is 11.3. The molecule has 0 atom stereocenters. The fourth-order valence-corrected chi connectivity index (χ4v) is 1.06. The highest BCUT2D eigenvalue weighted by atomic mass is 16.6. The highest BCUT2D eigenvalue weighted by Crippen LogP contribution is 2.06. The number of ketones is 1. The number of amides is 2. The van der Waals surface area contributed by atoms with Gasteiger partial charge in [0, 0.05) is 25.9 Å². The number of hydrogen-bond acceptors (Lipinski definition) is 4. The van der Waals surface area contributed by atoms with Crippen LogP contribution in [0, 0.1) is 0 Å². The Bertz CT molecular complexity index is 308. The Kier molecular flexibility index (Phi) is 7.00. The van der Waals surface area contributed by atoms with Gasteiger partial charge in [0.05, 0.1) is 0 Å². The van der Waals surface area contributed by atoms with Crippen LogP contribution in [0.4, 0.5) is 4.79 Å². The molecule has 0 bridgehead atoms. The number of hydrogen-bond donors (Lipinski definition) is 2. The average molecular weight is 258 g/mol. The summed E-state index contributed by atoms with van der Waals surface area (Å²) >= 11 is 0. The summed E-state index contributed by atoms with van der Waals surface area (Å²) < 4.78 is 5.01. The topological polar surface area (TPSA) is 84.5 Å². The van der Waals surface area contributed by atoms with Crippen molar-refractivity contribution in [2.45, 2.75) is 46.1 Å². The number of carbonyl (C=O) groups excluding carboxylic acids is 3. The summed E-state index contributed by atoms with van der Waals surface area (Å²) in [4.78, 5) is 33.1. The average Bonchev–Trinajstić information content (AvgIpc) is 2.13. The Balaban J connectivity index is 3.62. The zero-order valence-corrected chi connectivity index (χ0v) is 11.5. The van der Waals surface area contributed by atoms with Gasteiger partial charge in [-0.1, -0.05) is 0 Å². The molecule has 0 rings (SSSR count). The van der Waals surface area contributed by atoms with Crippen LogP contribution in [0.5, 0.6) is 0 Å². The van der Waals surface area contributed by atoms with Crippen LogP contribution in [0.1, 0.15) is 40.5 Å². The van der Waals surface area contributed by atoms with Crippen LogP contribution in [0.15, 0.2) is 0 Å². The van der Waals surface area contributed by atoms with Crippen LogP contribution in [-0.2, 0) is 14.3 Å². The lowest BCUT2D eigenvalue weighted by Crippen LogP contribution is -2.35. The summed E-state index contributed by atoms with van der Waals surface area (Å²) in [7, 11) is 0. The first kappa shape index (κ1) is 16.4. The minimum Gasteiger partial charge on any atom is -0.444 e. The molecule has 0 aliphatic heterocycles. The van der Waals surface area contributed by atoms with Gasteiger partial charge in [-0.25, -0.2) is 4.79 Å². The molecule has 0 saturated heterocycles. The number of ether oxygens (including phenoxy) is 1. The summed E-state index contributed by atoms with van der Waals surface area (Å²) in [6, 6.07) is 0. The number of carbonyl (C=O) groups is 3. The van der Waals surface area contributed by atoms with Crippen LogP contribution >= 0.6 is 0 Å². The van der Waals surface area contributed by atoms with Gasteiger partial charge in [0.15, 0.2) is 0 Å². The monoisotopic (exact) mass is 258 g/mol. The smallest absolute Gasteiger partial charge is 0.407 e. The highest BCUT2D eigenvalue weighted by molar-refractivity contribution is 5.79. The molecular weight excluding hydrogens is 236 g/mol. The molecule has 0 heterocycles. The Hall–Kier alpha value is -1.59. The molecule has 0 fully saturated rings. The van der Waals surface area contributed by atoms with Gasteiger partial charge >= 0.3 is 6.09 Å². The first-order valence-electron chi connectivity index (χ1n) is 5.93. The number of alkyl carbamates (subject to hydrolysis) is 1. The van der Waals surface area contributed by atoms with Gasteiger partial charge in [0.1, 0.15) is 11.4 Å². The zero-order chi connectivity index (χ0) is 14.2. The molecule has 0 radical (unpaired) electrons. The van der Waals surface area contributed by atoms with E-state index in [2.05, 4.69) is 10.6 Å². The largest absolute Gasteiger partial charge is 0.444 e. The lowest BCUT2D eigenvalue weighted by atomic mass is 10.2. The Morgan fingerprint density at radius 1 is 1.00 bits per heavy atom. The van der Waals surface area contributed by atoms with Crippen molar-refractivity contribution in [2.24, 2.45) is 0 Å². The first-order valence-corrected chi connectivity index (χ1v) is 5.93. The summed E-state index contributed by atoms with van der Waals surface area (Å²) in [6.07, 6.45) is -0.0541. The lowest BCUT2D eigenvalue weighted by molar-refractivity contribution is -0.121. The Morgan fingerprint density at radius 2 is 1.56 bits per heavy atom. The summed E-state index contributed by atoms with van der Waals surface area (Å²) in [5, 5.41) is 5.06. The van der Waals surface area contributed by atoms with Crippen molar-refractivity contribution in [3.8, 4) is 0 Å². The van der Waals surface area contributed by atoms with E-state index < -0.39 is 11.7 Å². The quantitative estimate of drug-likeness (QED) is 0.744. The Morgan fingerprint density at radius 3 is 2.06 bits per heavy atom. The molecule has 6 heteroatoms. The van der Waals surface area contributed by atoms with Crippen molar-refractivity contribution >= 4 is 17.8 Å². The van der Waals surface area contributed by atoms with Gasteiger partial charge in [-0.2, -0.15) is 0 Å². The molecule has 104 valence electrons. The van der Waals surface area contributed by atoms with Gasteiger partial charge in [0.25, 0.3) is 0 Å². The van der Waals surface area contributed by atoms with E-state index in [1.165, 1.54) is 6.92 Å². The molecular formula is C12H22N2O4. The summed E-state index contributed by atoms with van der Waals surface area (Å²) in [6.45, 7) is 7.31. The molecule has 0 saturated carbocycles. The van der Waals surface area contributed by atoms with E-state index in [1.807, 2.05) is 0 Å². The highest BCUT2D eigenvalue weighted by Gasteiger charge is 2.15. The first-order chi connectivity index (χ1) is 8.20. The minimum absolute atomic E-state index is 0.0298. The molecule has 0 spiro atoms. The van der Waals surface area contributed by atoms with E-state index in [-0.39, 0.29) is 24.7 Å². The minimum atomic E-state index is -0.548. The number of nitrogens with one attached hydrogen (secondary N) is 2. The van der Waals surface area contributed by atoms with Crippen LogP contribution in [0.25, 0.3) is 0 Å². The van der Waals surface area contributed by atoms with Crippen molar-refractivity contribution in [2.75, 3.05) is 13.1 Å². The van der Waals surface area contributed by atoms with E-state index in [1.54, 1.807) is 20.8 Å². The number of rotatable bonds is 6. The molecule has 18 heavy (non-hydrogen) atoms. The molecule has 0 aliphatic carbocycles. The zero-order valence-electron chi connectivity index (χ0n) is 11.5. The SMILES string of the molecule is CC(=O)CCNC(=O)CCNC(=O)OC(C)(C)C. The molecule has 0 aromatic carbocycles. The second kappa shape index (κ2) is 7.68. The third-order valence-electron chi connectivity index (χ3n) is 1.82. The van der Waals surface area contributed by atoms with Crippen molar-refractivity contribution in [1.82, 2.24) is 10.6 Å². The van der Waals surface area contributed by atoms with Crippen LogP contribution in [0.2, 0.25) is 0 Å². The van der Waals surface area contributed by atoms with E-state index in [0.717, 1.165) is 0 Å². The molecule has 0 aromatic heterocycles. The van der Waals surface area contributed by atoms with Crippen LogP contribution < -0.4 is 10.6 Å². The predicted octanol–water partition coefficient (Wildman–Crippen LogP) is 0.996. The van der Waals surface area contributed by atoms with E-state index in [9.17, 15) is 14.4 Å². The second-order valence-corrected chi connectivity index (χ2v) is 4.98. The van der Waals surface area contributed by atoms with Gasteiger partial charge in [0.2, 0.25) is 5.91 Å². The second-order valence-electron chi connectivity index (χ2n) is 4.98. The van der Waals surface area contributed by atoms with Crippen molar-refractivity contribution in [3.63, 3.8) is 0 Å². The van der Waals surface area contributed by atoms with Gasteiger partial charge in [-0.05, 0) is 27.7 Å². The molecule has 0 aromatic rings. The van der Waals surface area contributed by atoms with E-state index in [4.69, 9.17) is 4.74 Å². The van der Waals surface area contributed by atoms with E-state index >= 15 is 0 Å². The maximum Gasteiger partial charge on any atom is 0.407 e. The van der Waals surface area contributed by atoms with Crippen molar-refractivity contribution < 1.29 is 19.1 Å². The van der Waals surface area contributed by atoms with Crippen molar-refractivity contribution in [1.29, 1.82) is 0 Å². The normalized spacial score (nSPS) is 10.7. The van der Waals surface area contributed by atoms with Crippen LogP contribution in [-0.4, -0.2) is 36.5 Å². The molecule has 2 N–H and O–H groups in total. The van der Waals surface area contributed by atoms with Crippen molar-refractivity contribution in [3.05, 3.63) is 0 Å². The van der Waals surface area contributed by atoms with Gasteiger partial charge in [-0.3, -0.25) is 9.59 Å². The number of Topliss-reactive ketones (excluding diaryl/α,β-unsaturated/α-hetero) is 1. The van der Waals surface area contributed by atoms with Gasteiger partial charge in [-0.15, -0.1) is 0 Å². The van der Waals surface area contributed by atoms with Crippen LogP contribution in [0.3, 0.4) is 0 Å². The molecule has 6 nitrogen and oxygen atoms in total. The van der Waals surface area contributed by atoms with E-state index in [0.29, 0.717) is 13.0 Å². The third kappa shape index (κ3) is 10.9. The third-order valence-corrected chi connectivity index (χ3v) is 1.82. The lowest BCUT2D eigenvalue weighted by Gasteiger charge is -2.19. The maximum absolute atomic E-state index is 11.3. The molecule has 2 amide bonds. The summed E-state index contributed by atoms with van der Waals surface area (Å²) in [5.41, 5.74) is -0.548. The fourth-order valence-electron chi connectivity index (χ4n) is 1.06.